The van der Waals surface area contributed by atoms with Crippen LogP contribution in [-0.2, 0) is 20.6 Å². The number of likely N-dealkylation sites (tertiary alicyclic amines) is 1. The Hall–Kier alpha value is -1.47. The molecule has 0 atom stereocenters. The molecule has 110 valence electrons. The Balaban J connectivity index is 1.87. The maximum absolute atomic E-state index is 12.7. The molecule has 0 saturated carbocycles. The van der Waals surface area contributed by atoms with Crippen LogP contribution in [0.4, 0.5) is 4.39 Å². The van der Waals surface area contributed by atoms with Crippen molar-refractivity contribution in [2.75, 3.05) is 19.6 Å². The van der Waals surface area contributed by atoms with Gasteiger partial charge in [-0.3, -0.25) is 4.79 Å². The van der Waals surface area contributed by atoms with Gasteiger partial charge in [0.1, 0.15) is 5.82 Å². The highest BCUT2D eigenvalue weighted by atomic mass is 32.2. The van der Waals surface area contributed by atoms with Gasteiger partial charge in [-0.05, 0) is 30.5 Å². The fourth-order valence-corrected chi connectivity index (χ4v) is 3.18. The number of amides is 1. The molecule has 1 aromatic carbocycles. The third-order valence-corrected chi connectivity index (χ3v) is 4.47. The predicted molar refractivity (Wildman–Crippen MR) is 72.8 cm³/mol. The quantitative estimate of drug-likeness (QED) is 0.877. The lowest BCUT2D eigenvalue weighted by Crippen LogP contribution is -2.39. The molecule has 1 aliphatic rings. The van der Waals surface area contributed by atoms with Crippen LogP contribution in [0.2, 0.25) is 0 Å². The highest BCUT2D eigenvalue weighted by Crippen LogP contribution is 2.08. The van der Waals surface area contributed by atoms with E-state index in [9.17, 15) is 17.6 Å². The Morgan fingerprint density at radius 1 is 1.20 bits per heavy atom. The van der Waals surface area contributed by atoms with E-state index in [0.717, 1.165) is 12.8 Å². The van der Waals surface area contributed by atoms with Crippen molar-refractivity contribution in [3.8, 4) is 0 Å². The molecule has 5 nitrogen and oxygen atoms in total. The Labute approximate surface area is 117 Å². The second-order valence-electron chi connectivity index (χ2n) is 4.79. The SMILES string of the molecule is O=C(CNS(=O)(=O)Cc1ccc(F)cc1)N1CCCC1. The van der Waals surface area contributed by atoms with Crippen molar-refractivity contribution in [3.05, 3.63) is 35.6 Å². The van der Waals surface area contributed by atoms with E-state index in [1.807, 2.05) is 0 Å². The average molecular weight is 300 g/mol. The van der Waals surface area contributed by atoms with Gasteiger partial charge >= 0.3 is 0 Å². The number of nitrogens with one attached hydrogen (secondary N) is 1. The number of nitrogens with zero attached hydrogens (tertiary/aromatic N) is 1. The summed E-state index contributed by atoms with van der Waals surface area (Å²) >= 11 is 0. The Bertz CT molecular complexity index is 566. The highest BCUT2D eigenvalue weighted by molar-refractivity contribution is 7.88. The van der Waals surface area contributed by atoms with Crippen LogP contribution in [-0.4, -0.2) is 38.9 Å². The second-order valence-corrected chi connectivity index (χ2v) is 6.60. The molecule has 0 aromatic heterocycles. The summed E-state index contributed by atoms with van der Waals surface area (Å²) in [5.74, 6) is -0.880. The normalized spacial score (nSPS) is 15.6. The van der Waals surface area contributed by atoms with Gasteiger partial charge in [-0.1, -0.05) is 12.1 Å². The van der Waals surface area contributed by atoms with Crippen LogP contribution in [0.25, 0.3) is 0 Å². The molecule has 20 heavy (non-hydrogen) atoms. The molecular formula is C13H17FN2O3S. The summed E-state index contributed by atoms with van der Waals surface area (Å²) in [7, 11) is -3.59. The standard InChI is InChI=1S/C13H17FN2O3S/c14-12-5-3-11(4-6-12)10-20(18,19)15-9-13(17)16-7-1-2-8-16/h3-6,15H,1-2,7-10H2. The minimum atomic E-state index is -3.59. The zero-order valence-corrected chi connectivity index (χ0v) is 11.8. The van der Waals surface area contributed by atoms with Crippen LogP contribution in [0.3, 0.4) is 0 Å². The van der Waals surface area contributed by atoms with Crippen molar-refractivity contribution in [1.82, 2.24) is 9.62 Å². The zero-order chi connectivity index (χ0) is 14.6. The summed E-state index contributed by atoms with van der Waals surface area (Å²) in [5.41, 5.74) is 0.479. The third-order valence-electron chi connectivity index (χ3n) is 3.17. The van der Waals surface area contributed by atoms with Crippen LogP contribution in [0.1, 0.15) is 18.4 Å². The number of hydrogen-bond acceptors (Lipinski definition) is 3. The van der Waals surface area contributed by atoms with Crippen molar-refractivity contribution < 1.29 is 17.6 Å². The van der Waals surface area contributed by atoms with E-state index >= 15 is 0 Å². The van der Waals surface area contributed by atoms with Crippen LogP contribution in [0.5, 0.6) is 0 Å². The van der Waals surface area contributed by atoms with Gasteiger partial charge in [0.2, 0.25) is 15.9 Å². The van der Waals surface area contributed by atoms with Gasteiger partial charge in [-0.25, -0.2) is 17.5 Å². The first-order valence-corrected chi connectivity index (χ1v) is 8.11. The summed E-state index contributed by atoms with van der Waals surface area (Å²) in [6, 6.07) is 5.24. The van der Waals surface area contributed by atoms with Gasteiger partial charge < -0.3 is 4.90 Å². The van der Waals surface area contributed by atoms with Gasteiger partial charge in [-0.15, -0.1) is 0 Å². The number of sulfonamides is 1. The zero-order valence-electron chi connectivity index (χ0n) is 11.0. The smallest absolute Gasteiger partial charge is 0.237 e. The van der Waals surface area contributed by atoms with Crippen molar-refractivity contribution in [1.29, 1.82) is 0 Å². The van der Waals surface area contributed by atoms with Crippen molar-refractivity contribution >= 4 is 15.9 Å². The summed E-state index contributed by atoms with van der Waals surface area (Å²) in [4.78, 5) is 13.4. The second kappa shape index (κ2) is 6.32. The molecule has 0 radical (unpaired) electrons. The van der Waals surface area contributed by atoms with E-state index in [4.69, 9.17) is 0 Å². The van der Waals surface area contributed by atoms with Gasteiger partial charge in [0.05, 0.1) is 12.3 Å². The van der Waals surface area contributed by atoms with Crippen LogP contribution >= 0.6 is 0 Å². The molecule has 0 spiro atoms. The summed E-state index contributed by atoms with van der Waals surface area (Å²) < 4.78 is 38.7. The lowest BCUT2D eigenvalue weighted by atomic mass is 10.2. The first-order chi connectivity index (χ1) is 9.46. The fraction of sp³-hybridized carbons (Fsp3) is 0.462. The van der Waals surface area contributed by atoms with E-state index < -0.39 is 15.8 Å². The monoisotopic (exact) mass is 300 g/mol. The summed E-state index contributed by atoms with van der Waals surface area (Å²) in [6.45, 7) is 1.17. The van der Waals surface area contributed by atoms with Crippen LogP contribution in [0, 0.1) is 5.82 Å². The molecule has 1 N–H and O–H groups in total. The van der Waals surface area contributed by atoms with Gasteiger partial charge in [0.15, 0.2) is 0 Å². The molecule has 1 aliphatic heterocycles. The molecule has 1 saturated heterocycles. The van der Waals surface area contributed by atoms with Crippen LogP contribution in [0.15, 0.2) is 24.3 Å². The molecule has 1 amide bonds. The molecule has 1 fully saturated rings. The van der Waals surface area contributed by atoms with E-state index in [1.165, 1.54) is 24.3 Å². The lowest BCUT2D eigenvalue weighted by Gasteiger charge is -2.15. The first kappa shape index (κ1) is 14.9. The Morgan fingerprint density at radius 3 is 2.40 bits per heavy atom. The van der Waals surface area contributed by atoms with Crippen molar-refractivity contribution in [2.45, 2.75) is 18.6 Å². The van der Waals surface area contributed by atoms with Gasteiger partial charge in [0, 0.05) is 13.1 Å². The maximum Gasteiger partial charge on any atom is 0.237 e. The summed E-state index contributed by atoms with van der Waals surface area (Å²) in [6.07, 6.45) is 1.93. The van der Waals surface area contributed by atoms with E-state index in [2.05, 4.69) is 4.72 Å². The van der Waals surface area contributed by atoms with E-state index in [1.54, 1.807) is 4.90 Å². The Morgan fingerprint density at radius 2 is 1.80 bits per heavy atom. The van der Waals surface area contributed by atoms with Crippen molar-refractivity contribution in [3.63, 3.8) is 0 Å². The number of benzene rings is 1. The number of carbonyl (C=O) groups is 1. The van der Waals surface area contributed by atoms with Crippen molar-refractivity contribution in [2.24, 2.45) is 0 Å². The van der Waals surface area contributed by atoms with E-state index in [0.29, 0.717) is 18.7 Å². The predicted octanol–water partition coefficient (Wildman–Crippen LogP) is 0.867. The fourth-order valence-electron chi connectivity index (χ4n) is 2.10. The number of rotatable bonds is 5. The third kappa shape index (κ3) is 4.28. The minimum absolute atomic E-state index is 0.204. The first-order valence-electron chi connectivity index (χ1n) is 6.46. The Kier molecular flexibility index (Phi) is 4.72. The number of halogens is 1. The molecule has 1 heterocycles. The molecule has 0 aliphatic carbocycles. The van der Waals surface area contributed by atoms with Crippen LogP contribution < -0.4 is 4.72 Å². The highest BCUT2D eigenvalue weighted by Gasteiger charge is 2.20. The number of carbonyl (C=O) groups excluding carboxylic acids is 1. The summed E-state index contributed by atoms with van der Waals surface area (Å²) in [5, 5.41) is 0. The molecular weight excluding hydrogens is 283 g/mol. The number of hydrogen-bond donors (Lipinski definition) is 1. The topological polar surface area (TPSA) is 66.5 Å². The molecule has 0 unspecified atom stereocenters. The largest absolute Gasteiger partial charge is 0.342 e. The molecule has 0 bridgehead atoms. The van der Waals surface area contributed by atoms with Gasteiger partial charge in [-0.2, -0.15) is 0 Å². The maximum atomic E-state index is 12.7. The molecule has 2 rings (SSSR count). The average Bonchev–Trinajstić information content (AvgIpc) is 2.93. The van der Waals surface area contributed by atoms with E-state index in [-0.39, 0.29) is 18.2 Å². The van der Waals surface area contributed by atoms with Gasteiger partial charge in [0.25, 0.3) is 0 Å². The minimum Gasteiger partial charge on any atom is -0.342 e. The molecule has 7 heteroatoms. The lowest BCUT2D eigenvalue weighted by molar-refractivity contribution is -0.128. The molecule has 1 aromatic rings.